The Hall–Kier alpha value is -0.120. The van der Waals surface area contributed by atoms with Crippen molar-refractivity contribution in [2.45, 2.75) is 64.3 Å². The number of hydrogen-bond donors (Lipinski definition) is 2. The molecule has 2 aliphatic rings. The first kappa shape index (κ1) is 15.3. The van der Waals surface area contributed by atoms with E-state index in [0.717, 1.165) is 25.6 Å². The predicted molar refractivity (Wildman–Crippen MR) is 80.4 cm³/mol. The lowest BCUT2D eigenvalue weighted by Crippen LogP contribution is -2.49. The lowest BCUT2D eigenvalue weighted by atomic mass is 9.82. The molecule has 0 bridgehead atoms. The standard InChI is InChI=1S/C16H32N2O/c1-2-17-13-16(9-3-4-10-16)14-18(11-6-12-19)15-7-5-8-15/h15,17,19H,2-14H2,1H3. The van der Waals surface area contributed by atoms with Gasteiger partial charge in [-0.1, -0.05) is 26.2 Å². The molecule has 2 N–H and O–H groups in total. The Kier molecular flexibility index (Phi) is 6.11. The predicted octanol–water partition coefficient (Wildman–Crippen LogP) is 2.39. The van der Waals surface area contributed by atoms with E-state index in [-0.39, 0.29) is 0 Å². The van der Waals surface area contributed by atoms with Crippen LogP contribution in [0.25, 0.3) is 0 Å². The van der Waals surface area contributed by atoms with Crippen LogP contribution in [0.3, 0.4) is 0 Å². The minimum atomic E-state index is 0.337. The van der Waals surface area contributed by atoms with Gasteiger partial charge in [0.2, 0.25) is 0 Å². The number of aliphatic hydroxyl groups excluding tert-OH is 1. The number of hydrogen-bond acceptors (Lipinski definition) is 3. The molecule has 3 nitrogen and oxygen atoms in total. The fourth-order valence-electron chi connectivity index (χ4n) is 3.75. The van der Waals surface area contributed by atoms with Crippen molar-refractivity contribution >= 4 is 0 Å². The van der Waals surface area contributed by atoms with Gasteiger partial charge in [-0.2, -0.15) is 0 Å². The molecule has 19 heavy (non-hydrogen) atoms. The summed E-state index contributed by atoms with van der Waals surface area (Å²) in [7, 11) is 0. The average Bonchev–Trinajstić information content (AvgIpc) is 2.80. The summed E-state index contributed by atoms with van der Waals surface area (Å²) < 4.78 is 0. The van der Waals surface area contributed by atoms with Crippen LogP contribution in [0.5, 0.6) is 0 Å². The highest BCUT2D eigenvalue weighted by atomic mass is 16.3. The first-order valence-corrected chi connectivity index (χ1v) is 8.35. The Morgan fingerprint density at radius 2 is 1.95 bits per heavy atom. The lowest BCUT2D eigenvalue weighted by molar-refractivity contribution is 0.0636. The van der Waals surface area contributed by atoms with Crippen molar-refractivity contribution in [3.05, 3.63) is 0 Å². The van der Waals surface area contributed by atoms with Gasteiger partial charge < -0.3 is 10.4 Å². The van der Waals surface area contributed by atoms with Crippen LogP contribution >= 0.6 is 0 Å². The van der Waals surface area contributed by atoms with Crippen LogP contribution in [0.1, 0.15) is 58.3 Å². The number of nitrogens with one attached hydrogen (secondary N) is 1. The second kappa shape index (κ2) is 7.61. The molecule has 0 amide bonds. The summed E-state index contributed by atoms with van der Waals surface area (Å²) in [5.41, 5.74) is 0.515. The highest BCUT2D eigenvalue weighted by Gasteiger charge is 2.37. The van der Waals surface area contributed by atoms with E-state index in [2.05, 4.69) is 17.1 Å². The lowest BCUT2D eigenvalue weighted by Gasteiger charge is -2.43. The van der Waals surface area contributed by atoms with Gasteiger partial charge in [0.15, 0.2) is 0 Å². The maximum Gasteiger partial charge on any atom is 0.0443 e. The smallest absolute Gasteiger partial charge is 0.0443 e. The van der Waals surface area contributed by atoms with Crippen LogP contribution in [-0.4, -0.2) is 48.8 Å². The van der Waals surface area contributed by atoms with E-state index < -0.39 is 0 Å². The molecule has 0 aromatic heterocycles. The third kappa shape index (κ3) is 4.17. The zero-order chi connectivity index (χ0) is 13.6. The van der Waals surface area contributed by atoms with Gasteiger partial charge >= 0.3 is 0 Å². The molecule has 0 heterocycles. The van der Waals surface area contributed by atoms with Crippen LogP contribution in [-0.2, 0) is 0 Å². The van der Waals surface area contributed by atoms with Crippen LogP contribution < -0.4 is 5.32 Å². The van der Waals surface area contributed by atoms with E-state index >= 15 is 0 Å². The summed E-state index contributed by atoms with van der Waals surface area (Å²) in [5, 5.41) is 12.7. The molecule has 0 saturated heterocycles. The fourth-order valence-corrected chi connectivity index (χ4v) is 3.75. The van der Waals surface area contributed by atoms with E-state index in [1.165, 1.54) is 58.0 Å². The van der Waals surface area contributed by atoms with Gasteiger partial charge in [-0.05, 0) is 44.1 Å². The summed E-state index contributed by atoms with van der Waals surface area (Å²) in [4.78, 5) is 2.70. The van der Waals surface area contributed by atoms with Crippen LogP contribution in [0.15, 0.2) is 0 Å². The van der Waals surface area contributed by atoms with Crippen molar-refractivity contribution in [1.82, 2.24) is 10.2 Å². The van der Waals surface area contributed by atoms with E-state index in [4.69, 9.17) is 5.11 Å². The highest BCUT2D eigenvalue weighted by molar-refractivity contribution is 4.92. The number of nitrogens with zero attached hydrogens (tertiary/aromatic N) is 1. The quantitative estimate of drug-likeness (QED) is 0.674. The van der Waals surface area contributed by atoms with E-state index in [0.29, 0.717) is 12.0 Å². The molecule has 0 aromatic carbocycles. The minimum Gasteiger partial charge on any atom is -0.396 e. The Morgan fingerprint density at radius 3 is 2.47 bits per heavy atom. The van der Waals surface area contributed by atoms with Gasteiger partial charge in [0.1, 0.15) is 0 Å². The van der Waals surface area contributed by atoms with Crippen molar-refractivity contribution < 1.29 is 5.11 Å². The second-order valence-corrected chi connectivity index (χ2v) is 6.62. The summed E-state index contributed by atoms with van der Waals surface area (Å²) >= 11 is 0. The molecule has 0 atom stereocenters. The molecule has 0 spiro atoms. The molecule has 0 unspecified atom stereocenters. The molecule has 2 rings (SSSR count). The van der Waals surface area contributed by atoms with Gasteiger partial charge in [0, 0.05) is 32.3 Å². The van der Waals surface area contributed by atoms with Crippen molar-refractivity contribution in [2.75, 3.05) is 32.8 Å². The molecule has 112 valence electrons. The minimum absolute atomic E-state index is 0.337. The molecule has 2 saturated carbocycles. The molecule has 2 fully saturated rings. The Balaban J connectivity index is 1.91. The van der Waals surface area contributed by atoms with E-state index in [1.807, 2.05) is 0 Å². The van der Waals surface area contributed by atoms with Crippen LogP contribution in [0.4, 0.5) is 0 Å². The Bertz CT molecular complexity index is 247. The Labute approximate surface area is 118 Å². The maximum atomic E-state index is 9.12. The monoisotopic (exact) mass is 268 g/mol. The SMILES string of the molecule is CCNCC1(CN(CCCO)C2CCC2)CCCC1. The summed E-state index contributed by atoms with van der Waals surface area (Å²) in [6.07, 6.45) is 10.7. The van der Waals surface area contributed by atoms with Crippen LogP contribution in [0.2, 0.25) is 0 Å². The van der Waals surface area contributed by atoms with Gasteiger partial charge in [-0.15, -0.1) is 0 Å². The van der Waals surface area contributed by atoms with Crippen molar-refractivity contribution in [2.24, 2.45) is 5.41 Å². The largest absolute Gasteiger partial charge is 0.396 e. The summed E-state index contributed by atoms with van der Waals surface area (Å²) in [6, 6.07) is 0.811. The van der Waals surface area contributed by atoms with E-state index in [1.54, 1.807) is 0 Å². The van der Waals surface area contributed by atoms with Crippen LogP contribution in [0, 0.1) is 5.41 Å². The third-order valence-corrected chi connectivity index (χ3v) is 5.15. The van der Waals surface area contributed by atoms with Crippen molar-refractivity contribution in [3.8, 4) is 0 Å². The summed E-state index contributed by atoms with van der Waals surface area (Å²) in [5.74, 6) is 0. The van der Waals surface area contributed by atoms with Gasteiger partial charge in [-0.25, -0.2) is 0 Å². The molecule has 0 aromatic rings. The van der Waals surface area contributed by atoms with Gasteiger partial charge in [0.05, 0.1) is 0 Å². The molecule has 0 radical (unpaired) electrons. The normalized spacial score (nSPS) is 22.9. The summed E-state index contributed by atoms with van der Waals surface area (Å²) in [6.45, 7) is 7.16. The van der Waals surface area contributed by atoms with Crippen molar-refractivity contribution in [1.29, 1.82) is 0 Å². The highest BCUT2D eigenvalue weighted by Crippen LogP contribution is 2.40. The molecule has 0 aliphatic heterocycles. The molecular weight excluding hydrogens is 236 g/mol. The third-order valence-electron chi connectivity index (χ3n) is 5.15. The van der Waals surface area contributed by atoms with Gasteiger partial charge in [-0.3, -0.25) is 4.90 Å². The first-order valence-electron chi connectivity index (χ1n) is 8.35. The first-order chi connectivity index (χ1) is 9.29. The fraction of sp³-hybridized carbons (Fsp3) is 1.00. The molecular formula is C16H32N2O. The van der Waals surface area contributed by atoms with Gasteiger partial charge in [0.25, 0.3) is 0 Å². The molecule has 3 heteroatoms. The second-order valence-electron chi connectivity index (χ2n) is 6.62. The number of aliphatic hydroxyl groups is 1. The molecule has 2 aliphatic carbocycles. The van der Waals surface area contributed by atoms with Crippen molar-refractivity contribution in [3.63, 3.8) is 0 Å². The topological polar surface area (TPSA) is 35.5 Å². The Morgan fingerprint density at radius 1 is 1.21 bits per heavy atom. The maximum absolute atomic E-state index is 9.12. The average molecular weight is 268 g/mol. The van der Waals surface area contributed by atoms with E-state index in [9.17, 15) is 0 Å². The zero-order valence-corrected chi connectivity index (χ0v) is 12.7. The number of rotatable bonds is 9. The zero-order valence-electron chi connectivity index (χ0n) is 12.7.